The van der Waals surface area contributed by atoms with Gasteiger partial charge in [-0.05, 0) is 32.9 Å². The molecule has 0 aliphatic rings. The van der Waals surface area contributed by atoms with Gasteiger partial charge in [0, 0.05) is 0 Å². The molecular weight excluding hydrogens is 242 g/mol. The average molecular weight is 266 g/mol. The third kappa shape index (κ3) is 5.01. The normalized spacial score (nSPS) is 12.5. The Bertz CT molecular complexity index is 402. The largest absolute Gasteiger partial charge is 0.490 e. The number of para-hydroxylation sites is 1. The maximum absolute atomic E-state index is 11.4. The van der Waals surface area contributed by atoms with Crippen molar-refractivity contribution in [1.82, 2.24) is 0 Å². The summed E-state index contributed by atoms with van der Waals surface area (Å²) in [6.07, 6.45) is -0.519. The molecule has 0 bridgehead atoms. The first-order valence-electron chi connectivity index (χ1n) is 6.82. The van der Waals surface area contributed by atoms with Crippen molar-refractivity contribution >= 4 is 5.78 Å². The minimum absolute atomic E-state index is 0.0283. The van der Waals surface area contributed by atoms with Gasteiger partial charge in [0.1, 0.15) is 25.0 Å². The average Bonchev–Trinajstić information content (AvgIpc) is 2.42. The number of aliphatic hydroxyl groups is 1. The molecule has 1 atom stereocenters. The summed E-state index contributed by atoms with van der Waals surface area (Å²) in [7, 11) is 0. The SMILES string of the molecule is CC[NH+](CC)C[C@H](O)COc1ccccc1C(C)=O. The molecule has 1 aromatic rings. The first kappa shape index (κ1) is 15.7. The van der Waals surface area contributed by atoms with Crippen molar-refractivity contribution in [3.05, 3.63) is 29.8 Å². The second-order valence-electron chi connectivity index (χ2n) is 4.68. The van der Waals surface area contributed by atoms with Crippen molar-refractivity contribution < 1.29 is 19.5 Å². The van der Waals surface area contributed by atoms with E-state index in [-0.39, 0.29) is 12.4 Å². The molecule has 2 N–H and O–H groups in total. The van der Waals surface area contributed by atoms with Crippen molar-refractivity contribution in [2.24, 2.45) is 0 Å². The van der Waals surface area contributed by atoms with E-state index in [9.17, 15) is 9.90 Å². The van der Waals surface area contributed by atoms with Crippen LogP contribution in [0.4, 0.5) is 0 Å². The molecular formula is C15H24NO3+. The van der Waals surface area contributed by atoms with Gasteiger partial charge in [0.05, 0.1) is 18.7 Å². The van der Waals surface area contributed by atoms with Crippen LogP contribution in [0.2, 0.25) is 0 Å². The van der Waals surface area contributed by atoms with Crippen LogP contribution >= 0.6 is 0 Å². The van der Waals surface area contributed by atoms with Gasteiger partial charge in [0.25, 0.3) is 0 Å². The van der Waals surface area contributed by atoms with E-state index in [1.165, 1.54) is 11.8 Å². The molecule has 1 aromatic carbocycles. The molecule has 1 rings (SSSR count). The molecule has 0 aromatic heterocycles. The number of aliphatic hydroxyl groups excluding tert-OH is 1. The summed E-state index contributed by atoms with van der Waals surface area (Å²) in [6, 6.07) is 7.12. The van der Waals surface area contributed by atoms with Crippen LogP contribution in [-0.4, -0.2) is 43.2 Å². The number of quaternary nitrogens is 1. The van der Waals surface area contributed by atoms with Gasteiger partial charge in [0.2, 0.25) is 0 Å². The van der Waals surface area contributed by atoms with Crippen molar-refractivity contribution in [2.75, 3.05) is 26.2 Å². The number of ketones is 1. The van der Waals surface area contributed by atoms with Crippen molar-refractivity contribution in [3.8, 4) is 5.75 Å². The summed E-state index contributed by atoms with van der Waals surface area (Å²) in [5.41, 5.74) is 0.560. The number of carbonyl (C=O) groups is 1. The molecule has 106 valence electrons. The zero-order valence-electron chi connectivity index (χ0n) is 12.0. The van der Waals surface area contributed by atoms with Gasteiger partial charge in [-0.3, -0.25) is 4.79 Å². The van der Waals surface area contributed by atoms with Crippen LogP contribution in [0, 0.1) is 0 Å². The van der Waals surface area contributed by atoms with Gasteiger partial charge in [-0.25, -0.2) is 0 Å². The standard InChI is InChI=1S/C15H23NO3/c1-4-16(5-2)10-13(18)11-19-15-9-7-6-8-14(15)12(3)17/h6-9,13,18H,4-5,10-11H2,1-3H3/p+1/t13-/m0/s1. The molecule has 0 saturated heterocycles. The van der Waals surface area contributed by atoms with Gasteiger partial charge < -0.3 is 14.7 Å². The van der Waals surface area contributed by atoms with Gasteiger partial charge in [-0.1, -0.05) is 12.1 Å². The van der Waals surface area contributed by atoms with Gasteiger partial charge in [-0.15, -0.1) is 0 Å². The second kappa shape index (κ2) is 7.92. The molecule has 0 aliphatic heterocycles. The predicted octanol–water partition coefficient (Wildman–Crippen LogP) is 0.554. The van der Waals surface area contributed by atoms with Crippen LogP contribution in [0.25, 0.3) is 0 Å². The number of Topliss-reactive ketones (excluding diaryl/α,β-unsaturated/α-hetero) is 1. The molecule has 0 amide bonds. The maximum Gasteiger partial charge on any atom is 0.163 e. The fourth-order valence-corrected chi connectivity index (χ4v) is 2.00. The second-order valence-corrected chi connectivity index (χ2v) is 4.68. The Labute approximate surface area is 115 Å². The minimum Gasteiger partial charge on any atom is -0.490 e. The predicted molar refractivity (Wildman–Crippen MR) is 74.9 cm³/mol. The van der Waals surface area contributed by atoms with E-state index in [4.69, 9.17) is 4.74 Å². The Morgan fingerprint density at radius 1 is 1.32 bits per heavy atom. The van der Waals surface area contributed by atoms with Crippen LogP contribution in [0.15, 0.2) is 24.3 Å². The highest BCUT2D eigenvalue weighted by atomic mass is 16.5. The molecule has 0 spiro atoms. The Balaban J connectivity index is 2.55. The molecule has 0 unspecified atom stereocenters. The highest BCUT2D eigenvalue weighted by molar-refractivity contribution is 5.96. The number of ether oxygens (including phenoxy) is 1. The number of benzene rings is 1. The fraction of sp³-hybridized carbons (Fsp3) is 0.533. The topological polar surface area (TPSA) is 51.0 Å². The summed E-state index contributed by atoms with van der Waals surface area (Å²) >= 11 is 0. The monoisotopic (exact) mass is 266 g/mol. The molecule has 0 fully saturated rings. The van der Waals surface area contributed by atoms with Crippen molar-refractivity contribution in [2.45, 2.75) is 26.9 Å². The van der Waals surface area contributed by atoms with E-state index < -0.39 is 6.10 Å². The van der Waals surface area contributed by atoms with Gasteiger partial charge in [-0.2, -0.15) is 0 Å². The van der Waals surface area contributed by atoms with E-state index in [1.807, 2.05) is 6.07 Å². The number of hydrogen-bond donors (Lipinski definition) is 2. The van der Waals surface area contributed by atoms with Gasteiger partial charge >= 0.3 is 0 Å². The van der Waals surface area contributed by atoms with Crippen molar-refractivity contribution in [3.63, 3.8) is 0 Å². The summed E-state index contributed by atoms with van der Waals surface area (Å²) < 4.78 is 5.57. The smallest absolute Gasteiger partial charge is 0.163 e. The number of likely N-dealkylation sites (N-methyl/N-ethyl adjacent to an activating group) is 1. The van der Waals surface area contributed by atoms with Crippen LogP contribution in [0.3, 0.4) is 0 Å². The van der Waals surface area contributed by atoms with E-state index >= 15 is 0 Å². The molecule has 0 aliphatic carbocycles. The Morgan fingerprint density at radius 2 is 1.95 bits per heavy atom. The molecule has 19 heavy (non-hydrogen) atoms. The lowest BCUT2D eigenvalue weighted by atomic mass is 10.1. The Morgan fingerprint density at radius 3 is 2.53 bits per heavy atom. The van der Waals surface area contributed by atoms with Gasteiger partial charge in [0.15, 0.2) is 5.78 Å². The summed E-state index contributed by atoms with van der Waals surface area (Å²) in [5.74, 6) is 0.517. The fourth-order valence-electron chi connectivity index (χ4n) is 2.00. The molecule has 4 nitrogen and oxygen atoms in total. The van der Waals surface area contributed by atoms with Crippen LogP contribution < -0.4 is 9.64 Å². The lowest BCUT2D eigenvalue weighted by molar-refractivity contribution is -0.899. The van der Waals surface area contributed by atoms with E-state index in [2.05, 4.69) is 13.8 Å². The lowest BCUT2D eigenvalue weighted by Gasteiger charge is -2.20. The number of hydrogen-bond acceptors (Lipinski definition) is 3. The molecule has 0 radical (unpaired) electrons. The highest BCUT2D eigenvalue weighted by Crippen LogP contribution is 2.18. The zero-order valence-corrected chi connectivity index (χ0v) is 12.0. The van der Waals surface area contributed by atoms with Crippen molar-refractivity contribution in [1.29, 1.82) is 0 Å². The van der Waals surface area contributed by atoms with Crippen LogP contribution in [-0.2, 0) is 0 Å². The Kier molecular flexibility index (Phi) is 6.53. The summed E-state index contributed by atoms with van der Waals surface area (Å²) in [4.78, 5) is 12.8. The van der Waals surface area contributed by atoms with Crippen LogP contribution in [0.5, 0.6) is 5.75 Å². The first-order chi connectivity index (χ1) is 9.08. The molecule has 4 heteroatoms. The third-order valence-electron chi connectivity index (χ3n) is 3.22. The number of nitrogens with one attached hydrogen (secondary N) is 1. The summed E-state index contributed by atoms with van der Waals surface area (Å²) in [6.45, 7) is 8.55. The van der Waals surface area contributed by atoms with Crippen LogP contribution in [0.1, 0.15) is 31.1 Å². The first-order valence-corrected chi connectivity index (χ1v) is 6.82. The number of carbonyl (C=O) groups excluding carboxylic acids is 1. The molecule has 0 saturated carbocycles. The van der Waals surface area contributed by atoms with E-state index in [0.29, 0.717) is 17.9 Å². The lowest BCUT2D eigenvalue weighted by Crippen LogP contribution is -3.12. The summed E-state index contributed by atoms with van der Waals surface area (Å²) in [5, 5.41) is 9.94. The van der Waals surface area contributed by atoms with E-state index in [1.54, 1.807) is 18.2 Å². The number of rotatable bonds is 8. The quantitative estimate of drug-likeness (QED) is 0.676. The van der Waals surface area contributed by atoms with E-state index in [0.717, 1.165) is 13.1 Å². The third-order valence-corrected chi connectivity index (χ3v) is 3.22. The Hall–Kier alpha value is -1.39. The minimum atomic E-state index is -0.519. The molecule has 0 heterocycles. The maximum atomic E-state index is 11.4. The highest BCUT2D eigenvalue weighted by Gasteiger charge is 2.14. The zero-order chi connectivity index (χ0) is 14.3.